The molecule has 2 N–H and O–H groups in total. The SMILES string of the molecule is Cc1cc(C(=O)N[C@@H](c2ccccc2)c2ccccc2C)ccc1NS(=O)(=O)c1ccccc1. The lowest BCUT2D eigenvalue weighted by Gasteiger charge is -2.22. The van der Waals surface area contributed by atoms with Gasteiger partial charge in [-0.15, -0.1) is 0 Å². The van der Waals surface area contributed by atoms with E-state index in [2.05, 4.69) is 10.0 Å². The Labute approximate surface area is 200 Å². The van der Waals surface area contributed by atoms with Crippen molar-refractivity contribution >= 4 is 21.6 Å². The second kappa shape index (κ2) is 9.93. The van der Waals surface area contributed by atoms with Crippen molar-refractivity contribution in [1.82, 2.24) is 5.32 Å². The van der Waals surface area contributed by atoms with Gasteiger partial charge in [-0.1, -0.05) is 72.8 Å². The van der Waals surface area contributed by atoms with Gasteiger partial charge in [-0.25, -0.2) is 8.42 Å². The molecule has 1 amide bonds. The minimum Gasteiger partial charge on any atom is -0.341 e. The highest BCUT2D eigenvalue weighted by Gasteiger charge is 2.20. The molecule has 0 heterocycles. The molecule has 0 aliphatic heterocycles. The van der Waals surface area contributed by atoms with Crippen molar-refractivity contribution in [3.63, 3.8) is 0 Å². The quantitative estimate of drug-likeness (QED) is 0.368. The van der Waals surface area contributed by atoms with Crippen LogP contribution in [0, 0.1) is 13.8 Å². The molecule has 0 aliphatic rings. The summed E-state index contributed by atoms with van der Waals surface area (Å²) in [6, 6.07) is 30.6. The Bertz CT molecular complexity index is 1400. The number of hydrogen-bond donors (Lipinski definition) is 2. The van der Waals surface area contributed by atoms with E-state index in [1.165, 1.54) is 12.1 Å². The lowest BCUT2D eigenvalue weighted by Crippen LogP contribution is -2.30. The van der Waals surface area contributed by atoms with Crippen molar-refractivity contribution in [3.05, 3.63) is 131 Å². The fraction of sp³-hybridized carbons (Fsp3) is 0.107. The van der Waals surface area contributed by atoms with Crippen LogP contribution in [0.4, 0.5) is 5.69 Å². The van der Waals surface area contributed by atoms with Crippen LogP contribution in [0.3, 0.4) is 0 Å². The monoisotopic (exact) mass is 470 g/mol. The molecule has 4 aromatic carbocycles. The maximum absolute atomic E-state index is 13.2. The van der Waals surface area contributed by atoms with Crippen LogP contribution in [0.15, 0.2) is 108 Å². The van der Waals surface area contributed by atoms with Crippen molar-refractivity contribution < 1.29 is 13.2 Å². The molecule has 0 bridgehead atoms. The summed E-state index contributed by atoms with van der Waals surface area (Å²) >= 11 is 0. The number of sulfonamides is 1. The zero-order valence-electron chi connectivity index (χ0n) is 19.0. The number of amides is 1. The van der Waals surface area contributed by atoms with Gasteiger partial charge in [0.05, 0.1) is 16.6 Å². The molecule has 4 rings (SSSR count). The average Bonchev–Trinajstić information content (AvgIpc) is 2.85. The number of carbonyl (C=O) groups excluding carboxylic acids is 1. The normalized spacial score (nSPS) is 12.1. The fourth-order valence-corrected chi connectivity index (χ4v) is 4.99. The Balaban J connectivity index is 1.59. The maximum Gasteiger partial charge on any atom is 0.261 e. The summed E-state index contributed by atoms with van der Waals surface area (Å²) < 4.78 is 28.0. The van der Waals surface area contributed by atoms with Crippen LogP contribution < -0.4 is 10.0 Å². The first-order chi connectivity index (χ1) is 16.3. The summed E-state index contributed by atoms with van der Waals surface area (Å²) in [4.78, 5) is 13.4. The zero-order chi connectivity index (χ0) is 24.1. The maximum atomic E-state index is 13.2. The largest absolute Gasteiger partial charge is 0.341 e. The lowest BCUT2D eigenvalue weighted by atomic mass is 9.94. The molecule has 6 heteroatoms. The molecule has 4 aromatic rings. The van der Waals surface area contributed by atoms with Gasteiger partial charge in [-0.3, -0.25) is 9.52 Å². The highest BCUT2D eigenvalue weighted by molar-refractivity contribution is 7.92. The van der Waals surface area contributed by atoms with Gasteiger partial charge in [0.15, 0.2) is 0 Å². The van der Waals surface area contributed by atoms with Crippen LogP contribution in [0.5, 0.6) is 0 Å². The summed E-state index contributed by atoms with van der Waals surface area (Å²) in [5.41, 5.74) is 4.62. The third-order valence-corrected chi connectivity index (χ3v) is 7.08. The summed E-state index contributed by atoms with van der Waals surface area (Å²) in [6.45, 7) is 3.80. The first kappa shape index (κ1) is 23.3. The van der Waals surface area contributed by atoms with Crippen molar-refractivity contribution in [3.8, 4) is 0 Å². The molecular formula is C28H26N2O3S. The molecule has 0 saturated heterocycles. The predicted octanol–water partition coefficient (Wildman–Crippen LogP) is 5.62. The number of anilines is 1. The molecule has 0 aromatic heterocycles. The van der Waals surface area contributed by atoms with E-state index in [0.29, 0.717) is 16.8 Å². The number of hydrogen-bond acceptors (Lipinski definition) is 3. The van der Waals surface area contributed by atoms with Gasteiger partial charge in [-0.2, -0.15) is 0 Å². The van der Waals surface area contributed by atoms with E-state index in [0.717, 1.165) is 16.7 Å². The second-order valence-corrected chi connectivity index (χ2v) is 9.80. The molecule has 0 radical (unpaired) electrons. The van der Waals surface area contributed by atoms with Crippen molar-refractivity contribution in [2.24, 2.45) is 0 Å². The number of rotatable bonds is 7. The van der Waals surface area contributed by atoms with Gasteiger partial charge in [0.1, 0.15) is 0 Å². The van der Waals surface area contributed by atoms with Gasteiger partial charge in [-0.05, 0) is 66.4 Å². The molecule has 34 heavy (non-hydrogen) atoms. The fourth-order valence-electron chi connectivity index (χ4n) is 3.83. The average molecular weight is 471 g/mol. The molecule has 172 valence electrons. The summed E-state index contributed by atoms with van der Waals surface area (Å²) in [5.74, 6) is -0.238. The molecule has 0 aliphatic carbocycles. The third-order valence-electron chi connectivity index (χ3n) is 5.69. The van der Waals surface area contributed by atoms with Gasteiger partial charge < -0.3 is 5.32 Å². The van der Waals surface area contributed by atoms with Crippen LogP contribution in [0.25, 0.3) is 0 Å². The number of benzene rings is 4. The Morgan fingerprint density at radius 1 is 0.735 bits per heavy atom. The number of aryl methyl sites for hydroxylation is 2. The first-order valence-electron chi connectivity index (χ1n) is 10.9. The minimum atomic E-state index is -3.72. The van der Waals surface area contributed by atoms with E-state index in [1.807, 2.05) is 61.5 Å². The molecular weight excluding hydrogens is 444 g/mol. The van der Waals surface area contributed by atoms with Crippen LogP contribution in [0.1, 0.15) is 38.7 Å². The van der Waals surface area contributed by atoms with Gasteiger partial charge in [0.25, 0.3) is 15.9 Å². The van der Waals surface area contributed by atoms with E-state index in [4.69, 9.17) is 0 Å². The Morgan fingerprint density at radius 2 is 1.35 bits per heavy atom. The molecule has 5 nitrogen and oxygen atoms in total. The standard InChI is InChI=1S/C28H26N2O3S/c1-20-11-9-10-16-25(20)27(22-12-5-3-6-13-22)29-28(31)23-17-18-26(21(2)19-23)30-34(32,33)24-14-7-4-8-15-24/h3-19,27,30H,1-2H3,(H,29,31)/t27-/m0/s1. The van der Waals surface area contributed by atoms with Gasteiger partial charge >= 0.3 is 0 Å². The highest BCUT2D eigenvalue weighted by atomic mass is 32.2. The topological polar surface area (TPSA) is 75.3 Å². The first-order valence-corrected chi connectivity index (χ1v) is 12.4. The predicted molar refractivity (Wildman–Crippen MR) is 135 cm³/mol. The van der Waals surface area contributed by atoms with Crippen LogP contribution in [-0.2, 0) is 10.0 Å². The number of carbonyl (C=O) groups is 1. The van der Waals surface area contributed by atoms with Crippen LogP contribution >= 0.6 is 0 Å². The van der Waals surface area contributed by atoms with Crippen molar-refractivity contribution in [1.29, 1.82) is 0 Å². The number of nitrogens with one attached hydrogen (secondary N) is 2. The van der Waals surface area contributed by atoms with E-state index < -0.39 is 10.0 Å². The van der Waals surface area contributed by atoms with Crippen molar-refractivity contribution in [2.75, 3.05) is 4.72 Å². The van der Waals surface area contributed by atoms with Crippen LogP contribution in [-0.4, -0.2) is 14.3 Å². The second-order valence-electron chi connectivity index (χ2n) is 8.12. The minimum absolute atomic E-state index is 0.181. The molecule has 0 spiro atoms. The molecule has 1 atom stereocenters. The van der Waals surface area contributed by atoms with Gasteiger partial charge in [0, 0.05) is 5.56 Å². The van der Waals surface area contributed by atoms with E-state index in [9.17, 15) is 13.2 Å². The van der Waals surface area contributed by atoms with E-state index in [-0.39, 0.29) is 16.8 Å². The Morgan fingerprint density at radius 3 is 2.00 bits per heavy atom. The summed E-state index contributed by atoms with van der Waals surface area (Å²) in [7, 11) is -3.72. The Kier molecular flexibility index (Phi) is 6.80. The molecule has 0 fully saturated rings. The molecule has 0 saturated carbocycles. The third kappa shape index (κ3) is 5.18. The Hall–Kier alpha value is -3.90. The van der Waals surface area contributed by atoms with Crippen molar-refractivity contribution in [2.45, 2.75) is 24.8 Å². The summed E-state index contributed by atoms with van der Waals surface area (Å²) in [5, 5.41) is 3.15. The summed E-state index contributed by atoms with van der Waals surface area (Å²) in [6.07, 6.45) is 0. The zero-order valence-corrected chi connectivity index (χ0v) is 19.8. The van der Waals surface area contributed by atoms with Crippen LogP contribution in [0.2, 0.25) is 0 Å². The lowest BCUT2D eigenvalue weighted by molar-refractivity contribution is 0.0943. The van der Waals surface area contributed by atoms with Gasteiger partial charge in [0.2, 0.25) is 0 Å². The smallest absolute Gasteiger partial charge is 0.261 e. The highest BCUT2D eigenvalue weighted by Crippen LogP contribution is 2.26. The molecule has 0 unspecified atom stereocenters. The van der Waals surface area contributed by atoms with E-state index >= 15 is 0 Å². The van der Waals surface area contributed by atoms with E-state index in [1.54, 1.807) is 43.3 Å².